The van der Waals surface area contributed by atoms with Crippen LogP contribution in [-0.2, 0) is 4.79 Å². The number of carboxylic acids is 1. The number of aryl methyl sites for hydroxylation is 1. The molecule has 0 radical (unpaired) electrons. The van der Waals surface area contributed by atoms with E-state index in [9.17, 15) is 9.59 Å². The second kappa shape index (κ2) is 5.84. The molecule has 2 N–H and O–H groups in total. The summed E-state index contributed by atoms with van der Waals surface area (Å²) in [5.41, 5.74) is 0.983. The molecular formula is C14H15NO3S. The first-order chi connectivity index (χ1) is 9.09. The second-order valence-corrected chi connectivity index (χ2v) is 5.36. The average molecular weight is 277 g/mol. The molecule has 1 amide bonds. The van der Waals surface area contributed by atoms with Crippen LogP contribution in [0.15, 0.2) is 24.3 Å². The van der Waals surface area contributed by atoms with E-state index < -0.39 is 5.97 Å². The summed E-state index contributed by atoms with van der Waals surface area (Å²) in [5, 5.41) is 12.4. The summed E-state index contributed by atoms with van der Waals surface area (Å²) in [4.78, 5) is 23.1. The standard InChI is InChI=1S/C14H15NO3S/c1-9-10-5-2-3-6-11(10)19-13(9)14(18)15-8-4-7-12(16)17/h2-3,5-6H,4,7-8H2,1H3,(H,15,18)(H,16,17). The van der Waals surface area contributed by atoms with Gasteiger partial charge in [0.25, 0.3) is 5.91 Å². The molecule has 0 saturated carbocycles. The minimum absolute atomic E-state index is 0.0751. The minimum atomic E-state index is -0.840. The van der Waals surface area contributed by atoms with Crippen LogP contribution in [0.2, 0.25) is 0 Å². The summed E-state index contributed by atoms with van der Waals surface area (Å²) in [7, 11) is 0. The van der Waals surface area contributed by atoms with Gasteiger partial charge in [-0.05, 0) is 30.4 Å². The van der Waals surface area contributed by atoms with Crippen LogP contribution < -0.4 is 5.32 Å². The zero-order chi connectivity index (χ0) is 13.8. The lowest BCUT2D eigenvalue weighted by molar-refractivity contribution is -0.137. The first-order valence-electron chi connectivity index (χ1n) is 6.07. The molecule has 19 heavy (non-hydrogen) atoms. The summed E-state index contributed by atoms with van der Waals surface area (Å²) in [6, 6.07) is 7.90. The smallest absolute Gasteiger partial charge is 0.303 e. The van der Waals surface area contributed by atoms with E-state index in [2.05, 4.69) is 5.32 Å². The Morgan fingerprint density at radius 1 is 1.32 bits per heavy atom. The maximum Gasteiger partial charge on any atom is 0.303 e. The first-order valence-corrected chi connectivity index (χ1v) is 6.89. The summed E-state index contributed by atoms with van der Waals surface area (Å²) >= 11 is 1.47. The van der Waals surface area contributed by atoms with Gasteiger partial charge in [0, 0.05) is 17.7 Å². The van der Waals surface area contributed by atoms with Gasteiger partial charge in [-0.1, -0.05) is 18.2 Å². The molecule has 2 aromatic rings. The quantitative estimate of drug-likeness (QED) is 0.826. The Hall–Kier alpha value is -1.88. The lowest BCUT2D eigenvalue weighted by Crippen LogP contribution is -2.24. The Balaban J connectivity index is 2.05. The van der Waals surface area contributed by atoms with Crippen molar-refractivity contribution in [1.29, 1.82) is 0 Å². The zero-order valence-electron chi connectivity index (χ0n) is 10.6. The molecule has 0 saturated heterocycles. The van der Waals surface area contributed by atoms with Crippen molar-refractivity contribution < 1.29 is 14.7 Å². The number of hydrogen-bond donors (Lipinski definition) is 2. The SMILES string of the molecule is Cc1c(C(=O)NCCCC(=O)O)sc2ccccc12. The number of thiophene rings is 1. The van der Waals surface area contributed by atoms with Crippen molar-refractivity contribution in [2.24, 2.45) is 0 Å². The van der Waals surface area contributed by atoms with Crippen molar-refractivity contribution >= 4 is 33.3 Å². The van der Waals surface area contributed by atoms with Crippen molar-refractivity contribution in [2.45, 2.75) is 19.8 Å². The minimum Gasteiger partial charge on any atom is -0.481 e. The summed E-state index contributed by atoms with van der Waals surface area (Å²) < 4.78 is 1.09. The van der Waals surface area contributed by atoms with Crippen LogP contribution in [0.1, 0.15) is 28.1 Å². The Morgan fingerprint density at radius 2 is 2.05 bits per heavy atom. The van der Waals surface area contributed by atoms with Crippen LogP contribution in [0.3, 0.4) is 0 Å². The third-order valence-electron chi connectivity index (χ3n) is 2.90. The first kappa shape index (κ1) is 13.5. The number of aliphatic carboxylic acids is 1. The third-order valence-corrected chi connectivity index (χ3v) is 4.17. The highest BCUT2D eigenvalue weighted by Gasteiger charge is 2.14. The predicted octanol–water partition coefficient (Wildman–Crippen LogP) is 2.80. The molecule has 0 fully saturated rings. The molecule has 4 nitrogen and oxygen atoms in total. The van der Waals surface area contributed by atoms with E-state index in [0.29, 0.717) is 17.8 Å². The van der Waals surface area contributed by atoms with E-state index in [4.69, 9.17) is 5.11 Å². The highest BCUT2D eigenvalue weighted by molar-refractivity contribution is 7.21. The monoisotopic (exact) mass is 277 g/mol. The molecule has 1 aromatic heterocycles. The van der Waals surface area contributed by atoms with Crippen LogP contribution in [0.25, 0.3) is 10.1 Å². The maximum absolute atomic E-state index is 12.0. The second-order valence-electron chi connectivity index (χ2n) is 4.31. The molecule has 0 bridgehead atoms. The number of hydrogen-bond acceptors (Lipinski definition) is 3. The highest BCUT2D eigenvalue weighted by atomic mass is 32.1. The van der Waals surface area contributed by atoms with Crippen LogP contribution in [0.5, 0.6) is 0 Å². The molecule has 0 unspecified atom stereocenters. The van der Waals surface area contributed by atoms with E-state index in [1.807, 2.05) is 31.2 Å². The summed E-state index contributed by atoms with van der Waals surface area (Å²) in [5.74, 6) is -0.962. The number of carbonyl (C=O) groups excluding carboxylic acids is 1. The topological polar surface area (TPSA) is 66.4 Å². The van der Waals surface area contributed by atoms with Crippen molar-refractivity contribution in [2.75, 3.05) is 6.54 Å². The Morgan fingerprint density at radius 3 is 2.74 bits per heavy atom. The van der Waals surface area contributed by atoms with Gasteiger partial charge in [-0.3, -0.25) is 9.59 Å². The van der Waals surface area contributed by atoms with Crippen LogP contribution in [0, 0.1) is 6.92 Å². The molecule has 0 spiro atoms. The van der Waals surface area contributed by atoms with E-state index in [0.717, 1.165) is 15.6 Å². The molecule has 100 valence electrons. The Labute approximate surface area is 115 Å². The van der Waals surface area contributed by atoms with Gasteiger partial charge >= 0.3 is 5.97 Å². The number of benzene rings is 1. The Bertz CT molecular complexity index is 618. The molecule has 1 aromatic carbocycles. The van der Waals surface area contributed by atoms with Gasteiger partial charge in [0.2, 0.25) is 0 Å². The van der Waals surface area contributed by atoms with Crippen LogP contribution >= 0.6 is 11.3 Å². The van der Waals surface area contributed by atoms with Crippen LogP contribution in [0.4, 0.5) is 0 Å². The van der Waals surface area contributed by atoms with E-state index in [1.54, 1.807) is 0 Å². The van der Waals surface area contributed by atoms with Crippen molar-refractivity contribution in [3.05, 3.63) is 34.7 Å². The number of carboxylic acid groups (broad SMARTS) is 1. The molecular weight excluding hydrogens is 262 g/mol. The van der Waals surface area contributed by atoms with E-state index >= 15 is 0 Å². The number of rotatable bonds is 5. The summed E-state index contributed by atoms with van der Waals surface area (Å²) in [6.07, 6.45) is 0.524. The number of carbonyl (C=O) groups is 2. The highest BCUT2D eigenvalue weighted by Crippen LogP contribution is 2.30. The normalized spacial score (nSPS) is 10.6. The van der Waals surface area contributed by atoms with Gasteiger partial charge in [0.1, 0.15) is 0 Å². The van der Waals surface area contributed by atoms with E-state index in [1.165, 1.54) is 11.3 Å². The fourth-order valence-corrected chi connectivity index (χ4v) is 3.04. The van der Waals surface area contributed by atoms with Gasteiger partial charge in [-0.15, -0.1) is 11.3 Å². The van der Waals surface area contributed by atoms with E-state index in [-0.39, 0.29) is 12.3 Å². The van der Waals surface area contributed by atoms with Gasteiger partial charge in [0.15, 0.2) is 0 Å². The van der Waals surface area contributed by atoms with Gasteiger partial charge in [0.05, 0.1) is 4.88 Å². The predicted molar refractivity (Wildman–Crippen MR) is 75.8 cm³/mol. The molecule has 0 aliphatic heterocycles. The molecule has 2 rings (SSSR count). The van der Waals surface area contributed by atoms with Gasteiger partial charge < -0.3 is 10.4 Å². The largest absolute Gasteiger partial charge is 0.481 e. The number of fused-ring (bicyclic) bond motifs is 1. The van der Waals surface area contributed by atoms with Gasteiger partial charge in [-0.25, -0.2) is 0 Å². The van der Waals surface area contributed by atoms with Gasteiger partial charge in [-0.2, -0.15) is 0 Å². The Kier molecular flexibility index (Phi) is 4.16. The number of nitrogens with one attached hydrogen (secondary N) is 1. The molecule has 0 aliphatic rings. The maximum atomic E-state index is 12.0. The van der Waals surface area contributed by atoms with Crippen molar-refractivity contribution in [3.8, 4) is 0 Å². The number of amides is 1. The average Bonchev–Trinajstić information content (AvgIpc) is 2.72. The zero-order valence-corrected chi connectivity index (χ0v) is 11.4. The molecule has 1 heterocycles. The fraction of sp³-hybridized carbons (Fsp3) is 0.286. The van der Waals surface area contributed by atoms with Crippen molar-refractivity contribution in [1.82, 2.24) is 5.32 Å². The molecule has 0 atom stereocenters. The third kappa shape index (κ3) is 3.12. The van der Waals surface area contributed by atoms with Crippen LogP contribution in [-0.4, -0.2) is 23.5 Å². The lowest BCUT2D eigenvalue weighted by atomic mass is 10.1. The lowest BCUT2D eigenvalue weighted by Gasteiger charge is -2.03. The summed E-state index contributed by atoms with van der Waals surface area (Å²) in [6.45, 7) is 2.32. The fourth-order valence-electron chi connectivity index (χ4n) is 1.91. The van der Waals surface area contributed by atoms with Crippen molar-refractivity contribution in [3.63, 3.8) is 0 Å². The molecule has 5 heteroatoms. The molecule has 0 aliphatic carbocycles.